The Balaban J connectivity index is 2.01. The van der Waals surface area contributed by atoms with Gasteiger partial charge in [0.25, 0.3) is 5.91 Å². The van der Waals surface area contributed by atoms with Crippen molar-refractivity contribution in [3.63, 3.8) is 0 Å². The lowest BCUT2D eigenvalue weighted by Gasteiger charge is -2.29. The number of anilines is 1. The predicted octanol–water partition coefficient (Wildman–Crippen LogP) is 4.11. The van der Waals surface area contributed by atoms with Crippen molar-refractivity contribution in [1.29, 1.82) is 0 Å². The molecule has 0 saturated heterocycles. The molecule has 3 N–H and O–H groups in total. The molecule has 0 radical (unpaired) electrons. The van der Waals surface area contributed by atoms with E-state index >= 15 is 0 Å². The van der Waals surface area contributed by atoms with Crippen molar-refractivity contribution in [3.8, 4) is 0 Å². The van der Waals surface area contributed by atoms with Crippen LogP contribution < -0.4 is 16.0 Å². The van der Waals surface area contributed by atoms with E-state index in [0.717, 1.165) is 18.2 Å². The van der Waals surface area contributed by atoms with Crippen LogP contribution in [0.5, 0.6) is 0 Å². The fourth-order valence-electron chi connectivity index (χ4n) is 2.97. The van der Waals surface area contributed by atoms with Gasteiger partial charge in [0.2, 0.25) is 0 Å². The number of para-hydroxylation sites is 1. The van der Waals surface area contributed by atoms with Gasteiger partial charge in [0, 0.05) is 11.3 Å². The van der Waals surface area contributed by atoms with E-state index in [1.807, 2.05) is 0 Å². The van der Waals surface area contributed by atoms with E-state index < -0.39 is 41.2 Å². The van der Waals surface area contributed by atoms with Crippen molar-refractivity contribution in [2.45, 2.75) is 19.1 Å². The lowest BCUT2D eigenvalue weighted by molar-refractivity contribution is -0.137. The molecule has 28 heavy (non-hydrogen) atoms. The Kier molecular flexibility index (Phi) is 5.08. The third-order valence-corrected chi connectivity index (χ3v) is 4.21. The van der Waals surface area contributed by atoms with Crippen LogP contribution in [0.3, 0.4) is 0 Å². The molecule has 1 aliphatic rings. The first kappa shape index (κ1) is 19.4. The molecule has 2 aromatic rings. The molecule has 0 fully saturated rings. The number of amides is 3. The number of carbonyl (C=O) groups excluding carboxylic acids is 2. The van der Waals surface area contributed by atoms with Gasteiger partial charge in [-0.25, -0.2) is 9.18 Å². The van der Waals surface area contributed by atoms with Gasteiger partial charge in [0.1, 0.15) is 5.82 Å². The van der Waals surface area contributed by atoms with E-state index in [0.29, 0.717) is 0 Å². The Morgan fingerprint density at radius 1 is 1.07 bits per heavy atom. The van der Waals surface area contributed by atoms with Gasteiger partial charge in [-0.05, 0) is 25.1 Å². The zero-order valence-electron chi connectivity index (χ0n) is 14.5. The molecule has 0 saturated carbocycles. The maximum atomic E-state index is 14.2. The number of benzene rings is 2. The average Bonchev–Trinajstić information content (AvgIpc) is 2.61. The van der Waals surface area contributed by atoms with Crippen LogP contribution in [0.2, 0.25) is 0 Å². The molecule has 0 spiro atoms. The van der Waals surface area contributed by atoms with Gasteiger partial charge in [-0.15, -0.1) is 0 Å². The number of halogens is 4. The third-order valence-electron chi connectivity index (χ3n) is 4.21. The Morgan fingerprint density at radius 3 is 2.39 bits per heavy atom. The van der Waals surface area contributed by atoms with Gasteiger partial charge >= 0.3 is 12.2 Å². The Morgan fingerprint density at radius 2 is 1.71 bits per heavy atom. The molecule has 0 aromatic heterocycles. The Hall–Kier alpha value is -3.36. The van der Waals surface area contributed by atoms with Crippen LogP contribution in [0, 0.1) is 5.82 Å². The summed E-state index contributed by atoms with van der Waals surface area (Å²) in [6, 6.07) is 8.20. The smallest absolute Gasteiger partial charge is 0.327 e. The van der Waals surface area contributed by atoms with Crippen LogP contribution >= 0.6 is 0 Å². The number of hydrogen-bond donors (Lipinski definition) is 3. The minimum absolute atomic E-state index is 0.0194. The molecule has 0 aliphatic carbocycles. The van der Waals surface area contributed by atoms with Gasteiger partial charge in [0.15, 0.2) is 0 Å². The second-order valence-corrected chi connectivity index (χ2v) is 6.09. The molecular formula is C19H15F4N3O2. The van der Waals surface area contributed by atoms with Crippen molar-refractivity contribution >= 4 is 17.6 Å². The van der Waals surface area contributed by atoms with E-state index in [2.05, 4.69) is 16.0 Å². The van der Waals surface area contributed by atoms with Crippen molar-refractivity contribution in [2.24, 2.45) is 0 Å². The summed E-state index contributed by atoms with van der Waals surface area (Å²) < 4.78 is 53.8. The molecular weight excluding hydrogens is 378 g/mol. The lowest BCUT2D eigenvalue weighted by atomic mass is 9.94. The summed E-state index contributed by atoms with van der Waals surface area (Å²) in [5.74, 6) is -1.56. The topological polar surface area (TPSA) is 70.2 Å². The number of allylic oxidation sites excluding steroid dienone is 1. The molecule has 9 heteroatoms. The second-order valence-electron chi connectivity index (χ2n) is 6.09. The summed E-state index contributed by atoms with van der Waals surface area (Å²) >= 11 is 0. The average molecular weight is 393 g/mol. The van der Waals surface area contributed by atoms with Gasteiger partial charge < -0.3 is 16.0 Å². The summed E-state index contributed by atoms with van der Waals surface area (Å²) in [5.41, 5.74) is -1.42. The summed E-state index contributed by atoms with van der Waals surface area (Å²) in [7, 11) is 0. The van der Waals surface area contributed by atoms with Crippen LogP contribution in [0.1, 0.15) is 24.1 Å². The van der Waals surface area contributed by atoms with Crippen LogP contribution in [0.25, 0.3) is 0 Å². The summed E-state index contributed by atoms with van der Waals surface area (Å²) in [6.45, 7) is 1.41. The minimum Gasteiger partial charge on any atom is -0.327 e. The normalized spacial score (nSPS) is 17.0. The number of nitrogens with one attached hydrogen (secondary N) is 3. The van der Waals surface area contributed by atoms with Crippen molar-refractivity contribution < 1.29 is 27.2 Å². The number of alkyl halides is 3. The SMILES string of the molecule is CC1=C(C(=O)Nc2ccccc2C(F)(F)F)[C@@H](c2ccccc2F)NC(=O)N1. The summed E-state index contributed by atoms with van der Waals surface area (Å²) in [5, 5.41) is 7.04. The zero-order valence-corrected chi connectivity index (χ0v) is 14.5. The number of hydrogen-bond acceptors (Lipinski definition) is 2. The highest BCUT2D eigenvalue weighted by Gasteiger charge is 2.36. The van der Waals surface area contributed by atoms with Gasteiger partial charge in [-0.3, -0.25) is 4.79 Å². The first-order chi connectivity index (χ1) is 13.2. The number of carbonyl (C=O) groups is 2. The fraction of sp³-hybridized carbons (Fsp3) is 0.158. The molecule has 1 atom stereocenters. The van der Waals surface area contributed by atoms with Crippen LogP contribution in [0.4, 0.5) is 28.0 Å². The molecule has 0 unspecified atom stereocenters. The summed E-state index contributed by atoms with van der Waals surface area (Å²) in [4.78, 5) is 24.6. The lowest BCUT2D eigenvalue weighted by Crippen LogP contribution is -2.46. The number of rotatable bonds is 3. The van der Waals surface area contributed by atoms with E-state index in [9.17, 15) is 27.2 Å². The highest BCUT2D eigenvalue weighted by Crippen LogP contribution is 2.35. The van der Waals surface area contributed by atoms with Crippen LogP contribution in [-0.4, -0.2) is 11.9 Å². The van der Waals surface area contributed by atoms with Gasteiger partial charge in [0.05, 0.1) is 22.9 Å². The van der Waals surface area contributed by atoms with Gasteiger partial charge in [-0.2, -0.15) is 13.2 Å². The first-order valence-electron chi connectivity index (χ1n) is 8.18. The zero-order chi connectivity index (χ0) is 20.5. The summed E-state index contributed by atoms with van der Waals surface area (Å²) in [6.07, 6.45) is -4.67. The highest BCUT2D eigenvalue weighted by molar-refractivity contribution is 6.07. The first-order valence-corrected chi connectivity index (χ1v) is 8.18. The molecule has 5 nitrogen and oxygen atoms in total. The number of urea groups is 1. The van der Waals surface area contributed by atoms with E-state index in [-0.39, 0.29) is 16.8 Å². The van der Waals surface area contributed by atoms with Crippen molar-refractivity contribution in [3.05, 3.63) is 76.7 Å². The predicted molar refractivity (Wildman–Crippen MR) is 93.6 cm³/mol. The highest BCUT2D eigenvalue weighted by atomic mass is 19.4. The Bertz CT molecular complexity index is 970. The molecule has 1 aliphatic heterocycles. The van der Waals surface area contributed by atoms with Crippen molar-refractivity contribution in [1.82, 2.24) is 10.6 Å². The maximum Gasteiger partial charge on any atom is 0.418 e. The molecule has 146 valence electrons. The maximum absolute atomic E-state index is 14.2. The fourth-order valence-corrected chi connectivity index (χ4v) is 2.97. The second kappa shape index (κ2) is 7.34. The van der Waals surface area contributed by atoms with Crippen LogP contribution in [0.15, 0.2) is 59.8 Å². The molecule has 3 amide bonds. The van der Waals surface area contributed by atoms with E-state index in [1.54, 1.807) is 0 Å². The van der Waals surface area contributed by atoms with Gasteiger partial charge in [-0.1, -0.05) is 30.3 Å². The quantitative estimate of drug-likeness (QED) is 0.687. The largest absolute Gasteiger partial charge is 0.418 e. The Labute approximate surface area is 157 Å². The molecule has 2 aromatic carbocycles. The van der Waals surface area contributed by atoms with E-state index in [1.165, 1.54) is 37.3 Å². The van der Waals surface area contributed by atoms with Crippen molar-refractivity contribution in [2.75, 3.05) is 5.32 Å². The molecule has 3 rings (SSSR count). The van der Waals surface area contributed by atoms with E-state index in [4.69, 9.17) is 0 Å². The molecule has 1 heterocycles. The standard InChI is InChI=1S/C19H15F4N3O2/c1-10-15(16(26-18(28)24-10)11-6-2-4-8-13(11)20)17(27)25-14-9-5-3-7-12(14)19(21,22)23/h2-9,16H,1H3,(H,25,27)(H2,24,26,28)/t16-/m1/s1. The minimum atomic E-state index is -4.67. The molecule has 0 bridgehead atoms. The monoisotopic (exact) mass is 393 g/mol. The van der Waals surface area contributed by atoms with Crippen LogP contribution in [-0.2, 0) is 11.0 Å². The third kappa shape index (κ3) is 3.83.